The summed E-state index contributed by atoms with van der Waals surface area (Å²) in [7, 11) is -3.48. The standard InChI is InChI=1S/C17H18FNO3S/c1-12(11-13-7-9-14(18)10-8-13)19-17(20)15-5-3-4-6-16(15)23(2,21)22/h3-10,12H,11H2,1-2H3,(H,19,20). The number of hydrogen-bond acceptors (Lipinski definition) is 3. The third kappa shape index (κ3) is 4.63. The van der Waals surface area contributed by atoms with Crippen LogP contribution in [-0.2, 0) is 16.3 Å². The van der Waals surface area contributed by atoms with Crippen LogP contribution in [0.25, 0.3) is 0 Å². The van der Waals surface area contributed by atoms with Crippen molar-refractivity contribution in [3.63, 3.8) is 0 Å². The van der Waals surface area contributed by atoms with Gasteiger partial charge >= 0.3 is 0 Å². The SMILES string of the molecule is CC(Cc1ccc(F)cc1)NC(=O)c1ccccc1S(C)(=O)=O. The van der Waals surface area contributed by atoms with Crippen molar-refractivity contribution in [3.8, 4) is 0 Å². The molecule has 0 heterocycles. The second-order valence-electron chi connectivity index (χ2n) is 5.47. The highest BCUT2D eigenvalue weighted by Gasteiger charge is 2.19. The maximum Gasteiger partial charge on any atom is 0.252 e. The highest BCUT2D eigenvalue weighted by molar-refractivity contribution is 7.90. The summed E-state index contributed by atoms with van der Waals surface area (Å²) in [5.74, 6) is -0.756. The molecule has 0 aliphatic rings. The first kappa shape index (κ1) is 17.1. The van der Waals surface area contributed by atoms with Gasteiger partial charge < -0.3 is 5.32 Å². The molecule has 23 heavy (non-hydrogen) atoms. The van der Waals surface area contributed by atoms with Crippen molar-refractivity contribution < 1.29 is 17.6 Å². The van der Waals surface area contributed by atoms with Gasteiger partial charge in [0, 0.05) is 12.3 Å². The van der Waals surface area contributed by atoms with Crippen molar-refractivity contribution in [2.24, 2.45) is 0 Å². The molecule has 4 nitrogen and oxygen atoms in total. The summed E-state index contributed by atoms with van der Waals surface area (Å²) in [6, 6.07) is 11.9. The fourth-order valence-corrected chi connectivity index (χ4v) is 3.19. The van der Waals surface area contributed by atoms with Gasteiger partial charge in [0.2, 0.25) is 0 Å². The van der Waals surface area contributed by atoms with Crippen molar-refractivity contribution in [2.45, 2.75) is 24.3 Å². The number of carbonyl (C=O) groups excluding carboxylic acids is 1. The second kappa shape index (κ2) is 6.91. The zero-order valence-electron chi connectivity index (χ0n) is 12.9. The highest BCUT2D eigenvalue weighted by Crippen LogP contribution is 2.15. The highest BCUT2D eigenvalue weighted by atomic mass is 32.2. The van der Waals surface area contributed by atoms with Crippen LogP contribution < -0.4 is 5.32 Å². The van der Waals surface area contributed by atoms with E-state index in [2.05, 4.69) is 5.32 Å². The summed E-state index contributed by atoms with van der Waals surface area (Å²) in [5, 5.41) is 2.77. The summed E-state index contributed by atoms with van der Waals surface area (Å²) in [6.45, 7) is 1.81. The summed E-state index contributed by atoms with van der Waals surface area (Å²) < 4.78 is 36.4. The number of benzene rings is 2. The second-order valence-corrected chi connectivity index (χ2v) is 7.46. The fraction of sp³-hybridized carbons (Fsp3) is 0.235. The van der Waals surface area contributed by atoms with Crippen LogP contribution in [-0.4, -0.2) is 26.6 Å². The van der Waals surface area contributed by atoms with E-state index in [-0.39, 0.29) is 22.3 Å². The van der Waals surface area contributed by atoms with E-state index >= 15 is 0 Å². The van der Waals surface area contributed by atoms with Gasteiger partial charge in [0.1, 0.15) is 5.82 Å². The monoisotopic (exact) mass is 335 g/mol. The van der Waals surface area contributed by atoms with Gasteiger partial charge in [-0.2, -0.15) is 0 Å². The molecule has 0 saturated heterocycles. The maximum absolute atomic E-state index is 12.9. The molecule has 0 fully saturated rings. The van der Waals surface area contributed by atoms with Crippen LogP contribution in [0.3, 0.4) is 0 Å². The predicted octanol–water partition coefficient (Wildman–Crippen LogP) is 2.59. The minimum Gasteiger partial charge on any atom is -0.349 e. The average Bonchev–Trinajstić information content (AvgIpc) is 2.48. The Morgan fingerprint density at radius 1 is 1.13 bits per heavy atom. The molecule has 0 spiro atoms. The third-order valence-corrected chi connectivity index (χ3v) is 4.52. The first-order chi connectivity index (χ1) is 10.8. The molecule has 2 aromatic carbocycles. The van der Waals surface area contributed by atoms with E-state index < -0.39 is 15.7 Å². The smallest absolute Gasteiger partial charge is 0.252 e. The largest absolute Gasteiger partial charge is 0.349 e. The lowest BCUT2D eigenvalue weighted by molar-refractivity contribution is 0.0936. The summed E-state index contributed by atoms with van der Waals surface area (Å²) in [6.07, 6.45) is 1.59. The van der Waals surface area contributed by atoms with E-state index in [1.807, 2.05) is 6.92 Å². The Labute approximate surface area is 135 Å². The number of sulfone groups is 1. The third-order valence-electron chi connectivity index (χ3n) is 3.36. The van der Waals surface area contributed by atoms with Crippen LogP contribution in [0.15, 0.2) is 53.4 Å². The summed E-state index contributed by atoms with van der Waals surface area (Å²) >= 11 is 0. The molecule has 2 aromatic rings. The zero-order valence-corrected chi connectivity index (χ0v) is 13.7. The van der Waals surface area contributed by atoms with E-state index in [9.17, 15) is 17.6 Å². The quantitative estimate of drug-likeness (QED) is 0.913. The zero-order chi connectivity index (χ0) is 17.0. The van der Waals surface area contributed by atoms with Crippen LogP contribution in [0.4, 0.5) is 4.39 Å². The Morgan fingerprint density at radius 3 is 2.35 bits per heavy atom. The van der Waals surface area contributed by atoms with Gasteiger partial charge in [-0.25, -0.2) is 12.8 Å². The number of rotatable bonds is 5. The van der Waals surface area contributed by atoms with Crippen molar-refractivity contribution in [2.75, 3.05) is 6.26 Å². The molecule has 6 heteroatoms. The lowest BCUT2D eigenvalue weighted by Crippen LogP contribution is -2.34. The van der Waals surface area contributed by atoms with E-state index in [1.54, 1.807) is 24.3 Å². The molecule has 1 atom stereocenters. The van der Waals surface area contributed by atoms with Gasteiger partial charge in [-0.3, -0.25) is 4.79 Å². The molecule has 0 saturated carbocycles. The Bertz CT molecular complexity index is 801. The topological polar surface area (TPSA) is 63.2 Å². The van der Waals surface area contributed by atoms with Crippen LogP contribution in [0.2, 0.25) is 0 Å². The molecule has 0 aliphatic heterocycles. The van der Waals surface area contributed by atoms with Gasteiger partial charge in [-0.05, 0) is 43.2 Å². The first-order valence-electron chi connectivity index (χ1n) is 7.12. The first-order valence-corrected chi connectivity index (χ1v) is 9.01. The normalized spacial score (nSPS) is 12.7. The molecule has 0 aromatic heterocycles. The average molecular weight is 335 g/mol. The van der Waals surface area contributed by atoms with Crippen molar-refractivity contribution in [3.05, 3.63) is 65.5 Å². The van der Waals surface area contributed by atoms with E-state index in [1.165, 1.54) is 24.3 Å². The molecular formula is C17H18FNO3S. The van der Waals surface area contributed by atoms with Gasteiger partial charge in [0.15, 0.2) is 9.84 Å². The Morgan fingerprint density at radius 2 is 1.74 bits per heavy atom. The van der Waals surface area contributed by atoms with E-state index in [0.717, 1.165) is 11.8 Å². The molecule has 0 bridgehead atoms. The molecule has 0 aliphatic carbocycles. The van der Waals surface area contributed by atoms with E-state index in [0.29, 0.717) is 6.42 Å². The lowest BCUT2D eigenvalue weighted by Gasteiger charge is -2.15. The maximum atomic E-state index is 12.9. The molecule has 0 radical (unpaired) electrons. The molecule has 1 N–H and O–H groups in total. The lowest BCUT2D eigenvalue weighted by atomic mass is 10.1. The summed E-state index contributed by atoms with van der Waals surface area (Å²) in [5.41, 5.74) is 1.01. The summed E-state index contributed by atoms with van der Waals surface area (Å²) in [4.78, 5) is 12.3. The van der Waals surface area contributed by atoms with Crippen LogP contribution >= 0.6 is 0 Å². The van der Waals surface area contributed by atoms with Gasteiger partial charge in [0.25, 0.3) is 5.91 Å². The van der Waals surface area contributed by atoms with Crippen LogP contribution in [0.5, 0.6) is 0 Å². The number of halogens is 1. The van der Waals surface area contributed by atoms with Gasteiger partial charge in [0.05, 0.1) is 10.5 Å². The Hall–Kier alpha value is -2.21. The van der Waals surface area contributed by atoms with Crippen LogP contribution in [0, 0.1) is 5.82 Å². The van der Waals surface area contributed by atoms with Crippen molar-refractivity contribution >= 4 is 15.7 Å². The predicted molar refractivity (Wildman–Crippen MR) is 86.6 cm³/mol. The van der Waals surface area contributed by atoms with Gasteiger partial charge in [-0.15, -0.1) is 0 Å². The Balaban J connectivity index is 2.12. The van der Waals surface area contributed by atoms with E-state index in [4.69, 9.17) is 0 Å². The van der Waals surface area contributed by atoms with Crippen molar-refractivity contribution in [1.29, 1.82) is 0 Å². The molecule has 1 unspecified atom stereocenters. The van der Waals surface area contributed by atoms with Crippen LogP contribution in [0.1, 0.15) is 22.8 Å². The minimum atomic E-state index is -3.48. The molecule has 2 rings (SSSR count). The number of carbonyl (C=O) groups is 1. The van der Waals surface area contributed by atoms with Crippen molar-refractivity contribution in [1.82, 2.24) is 5.32 Å². The minimum absolute atomic E-state index is 0.00600. The number of amides is 1. The number of hydrogen-bond donors (Lipinski definition) is 1. The molecule has 122 valence electrons. The van der Waals surface area contributed by atoms with Gasteiger partial charge in [-0.1, -0.05) is 24.3 Å². The molecular weight excluding hydrogens is 317 g/mol. The molecule has 1 amide bonds. The number of nitrogens with one attached hydrogen (secondary N) is 1. The Kier molecular flexibility index (Phi) is 5.15. The fourth-order valence-electron chi connectivity index (χ4n) is 2.30.